The smallest absolute Gasteiger partial charge is 0.0238 e. The molecule has 0 heteroatoms. The summed E-state index contributed by atoms with van der Waals surface area (Å²) in [6.07, 6.45) is 14.2. The van der Waals surface area contributed by atoms with Crippen molar-refractivity contribution in [3.8, 4) is 0 Å². The molecule has 0 radical (unpaired) electrons. The highest BCUT2D eigenvalue weighted by Gasteiger charge is 2.58. The Labute approximate surface area is 172 Å². The number of rotatable bonds is 11. The van der Waals surface area contributed by atoms with Gasteiger partial charge in [-0.3, -0.25) is 0 Å². The SMILES string of the molecule is CCCC1C(C)C(C)C1C(C)(CCC)C(C)(CCC)CCC1(C)CCC1C. The average Bonchev–Trinajstić information content (AvgIpc) is 2.64. The van der Waals surface area contributed by atoms with Crippen LogP contribution in [0.15, 0.2) is 0 Å². The lowest BCUT2D eigenvalue weighted by Crippen LogP contribution is -2.57. The molecule has 0 N–H and O–H groups in total. The molecule has 0 saturated heterocycles. The first-order valence-electron chi connectivity index (χ1n) is 12.6. The van der Waals surface area contributed by atoms with Crippen molar-refractivity contribution in [1.29, 1.82) is 0 Å². The van der Waals surface area contributed by atoms with E-state index in [1.807, 2.05) is 0 Å². The fraction of sp³-hybridized carbons (Fsp3) is 1.00. The van der Waals surface area contributed by atoms with Crippen molar-refractivity contribution in [2.45, 2.75) is 127 Å². The monoisotopic (exact) mass is 376 g/mol. The molecule has 0 nitrogen and oxygen atoms in total. The molecular formula is C27H52. The van der Waals surface area contributed by atoms with Gasteiger partial charge in [-0.2, -0.15) is 0 Å². The topological polar surface area (TPSA) is 0 Å². The van der Waals surface area contributed by atoms with Crippen molar-refractivity contribution in [1.82, 2.24) is 0 Å². The number of hydrogen-bond acceptors (Lipinski definition) is 0. The van der Waals surface area contributed by atoms with Gasteiger partial charge in [0.15, 0.2) is 0 Å². The largest absolute Gasteiger partial charge is 0.0654 e. The number of hydrogen-bond donors (Lipinski definition) is 0. The maximum absolute atomic E-state index is 2.73. The highest BCUT2D eigenvalue weighted by Crippen LogP contribution is 2.66. The molecule has 2 rings (SSSR count). The molecule has 27 heavy (non-hydrogen) atoms. The molecule has 0 amide bonds. The molecule has 0 spiro atoms. The Morgan fingerprint density at radius 2 is 1.48 bits per heavy atom. The fourth-order valence-electron chi connectivity index (χ4n) is 7.61. The first-order valence-corrected chi connectivity index (χ1v) is 12.6. The molecule has 0 heterocycles. The second kappa shape index (κ2) is 8.79. The van der Waals surface area contributed by atoms with Crippen LogP contribution in [0.2, 0.25) is 0 Å². The minimum absolute atomic E-state index is 0.501. The van der Waals surface area contributed by atoms with Crippen molar-refractivity contribution in [2.24, 2.45) is 45.8 Å². The van der Waals surface area contributed by atoms with Crippen LogP contribution in [0, 0.1) is 45.8 Å². The molecule has 0 aromatic heterocycles. The Bertz CT molecular complexity index is 467. The van der Waals surface area contributed by atoms with Crippen LogP contribution >= 0.6 is 0 Å². The van der Waals surface area contributed by atoms with Crippen molar-refractivity contribution in [3.05, 3.63) is 0 Å². The Hall–Kier alpha value is 0. The van der Waals surface area contributed by atoms with E-state index < -0.39 is 0 Å². The average molecular weight is 377 g/mol. The summed E-state index contributed by atoms with van der Waals surface area (Å²) in [5, 5.41) is 0. The van der Waals surface area contributed by atoms with E-state index in [0.717, 1.165) is 29.6 Å². The zero-order valence-corrected chi connectivity index (χ0v) is 20.5. The molecule has 160 valence electrons. The van der Waals surface area contributed by atoms with Crippen LogP contribution in [0.3, 0.4) is 0 Å². The normalized spacial score (nSPS) is 40.6. The minimum atomic E-state index is 0.501. The minimum Gasteiger partial charge on any atom is -0.0654 e. The highest BCUT2D eigenvalue weighted by molar-refractivity contribution is 5.07. The summed E-state index contributed by atoms with van der Waals surface area (Å²) in [7, 11) is 0. The first-order chi connectivity index (χ1) is 12.6. The van der Waals surface area contributed by atoms with E-state index in [-0.39, 0.29) is 0 Å². The van der Waals surface area contributed by atoms with Gasteiger partial charge in [-0.05, 0) is 84.4 Å². The lowest BCUT2D eigenvalue weighted by Gasteiger charge is -2.64. The summed E-state index contributed by atoms with van der Waals surface area (Å²) >= 11 is 0. The van der Waals surface area contributed by atoms with Gasteiger partial charge in [0.05, 0.1) is 0 Å². The summed E-state index contributed by atoms with van der Waals surface area (Å²) in [5.74, 6) is 4.69. The van der Waals surface area contributed by atoms with E-state index in [9.17, 15) is 0 Å². The maximum Gasteiger partial charge on any atom is -0.0238 e. The summed E-state index contributed by atoms with van der Waals surface area (Å²) in [5.41, 5.74) is 1.64. The van der Waals surface area contributed by atoms with Crippen LogP contribution in [-0.2, 0) is 0 Å². The zero-order chi connectivity index (χ0) is 20.5. The van der Waals surface area contributed by atoms with Crippen LogP contribution in [0.25, 0.3) is 0 Å². The molecule has 8 unspecified atom stereocenters. The van der Waals surface area contributed by atoms with Crippen molar-refractivity contribution >= 4 is 0 Å². The third-order valence-corrected chi connectivity index (χ3v) is 10.4. The molecular weight excluding hydrogens is 324 g/mol. The third-order valence-electron chi connectivity index (χ3n) is 10.4. The Morgan fingerprint density at radius 1 is 0.852 bits per heavy atom. The molecule has 0 aromatic rings. The Kier molecular flexibility index (Phi) is 7.58. The predicted molar refractivity (Wildman–Crippen MR) is 122 cm³/mol. The standard InChI is InChI=1S/C27H52/c1-10-13-23-21(5)22(6)24(23)27(9,16-12-3)26(8,15-11-2)19-18-25(7)17-14-20(25)4/h20-24H,10-19H2,1-9H3. The van der Waals surface area contributed by atoms with Crippen LogP contribution in [-0.4, -0.2) is 0 Å². The van der Waals surface area contributed by atoms with Crippen molar-refractivity contribution in [2.75, 3.05) is 0 Å². The molecule has 0 aliphatic heterocycles. The van der Waals surface area contributed by atoms with Crippen LogP contribution in [0.1, 0.15) is 127 Å². The lowest BCUT2D eigenvalue weighted by molar-refractivity contribution is -0.155. The molecule has 2 aliphatic carbocycles. The molecule has 2 saturated carbocycles. The van der Waals surface area contributed by atoms with Gasteiger partial charge in [-0.1, -0.05) is 88.0 Å². The Morgan fingerprint density at radius 3 is 1.93 bits per heavy atom. The highest BCUT2D eigenvalue weighted by atomic mass is 14.6. The summed E-state index contributed by atoms with van der Waals surface area (Å²) in [4.78, 5) is 0. The van der Waals surface area contributed by atoms with Crippen LogP contribution < -0.4 is 0 Å². The summed E-state index contributed by atoms with van der Waals surface area (Å²) in [6.45, 7) is 22.9. The van der Waals surface area contributed by atoms with E-state index >= 15 is 0 Å². The molecule has 8 atom stereocenters. The zero-order valence-electron chi connectivity index (χ0n) is 20.5. The third kappa shape index (κ3) is 4.02. The van der Waals surface area contributed by atoms with E-state index in [0.29, 0.717) is 16.2 Å². The van der Waals surface area contributed by atoms with Crippen molar-refractivity contribution in [3.63, 3.8) is 0 Å². The van der Waals surface area contributed by atoms with E-state index in [4.69, 9.17) is 0 Å². The van der Waals surface area contributed by atoms with Crippen LogP contribution in [0.4, 0.5) is 0 Å². The van der Waals surface area contributed by atoms with E-state index in [1.165, 1.54) is 64.2 Å². The van der Waals surface area contributed by atoms with Crippen LogP contribution in [0.5, 0.6) is 0 Å². The molecule has 2 fully saturated rings. The first kappa shape index (κ1) is 23.3. The van der Waals surface area contributed by atoms with Gasteiger partial charge < -0.3 is 0 Å². The summed E-state index contributed by atoms with van der Waals surface area (Å²) in [6, 6.07) is 0. The lowest BCUT2D eigenvalue weighted by atomic mass is 9.41. The fourth-order valence-corrected chi connectivity index (χ4v) is 7.61. The molecule has 2 aliphatic rings. The van der Waals surface area contributed by atoms with Gasteiger partial charge in [0.2, 0.25) is 0 Å². The quantitative estimate of drug-likeness (QED) is 0.337. The van der Waals surface area contributed by atoms with Gasteiger partial charge in [0.1, 0.15) is 0 Å². The second-order valence-corrected chi connectivity index (χ2v) is 11.8. The van der Waals surface area contributed by atoms with E-state index in [1.54, 1.807) is 0 Å². The van der Waals surface area contributed by atoms with Gasteiger partial charge >= 0.3 is 0 Å². The second-order valence-electron chi connectivity index (χ2n) is 11.8. The summed E-state index contributed by atoms with van der Waals surface area (Å²) < 4.78 is 0. The van der Waals surface area contributed by atoms with Gasteiger partial charge in [0, 0.05) is 0 Å². The molecule has 0 aromatic carbocycles. The van der Waals surface area contributed by atoms with Crippen molar-refractivity contribution < 1.29 is 0 Å². The Balaban J connectivity index is 2.29. The van der Waals surface area contributed by atoms with Gasteiger partial charge in [-0.15, -0.1) is 0 Å². The predicted octanol–water partition coefficient (Wildman–Crippen LogP) is 9.13. The van der Waals surface area contributed by atoms with Gasteiger partial charge in [0.25, 0.3) is 0 Å². The van der Waals surface area contributed by atoms with Gasteiger partial charge in [-0.25, -0.2) is 0 Å². The molecule has 0 bridgehead atoms. The maximum atomic E-state index is 2.73. The van der Waals surface area contributed by atoms with E-state index in [2.05, 4.69) is 62.3 Å².